The number of hydrogen-bond donors (Lipinski definition) is 2. The highest BCUT2D eigenvalue weighted by Crippen LogP contribution is 2.22. The van der Waals surface area contributed by atoms with Crippen LogP contribution in [0.1, 0.15) is 15.9 Å². The summed E-state index contributed by atoms with van der Waals surface area (Å²) in [5.41, 5.74) is 1.60. The summed E-state index contributed by atoms with van der Waals surface area (Å²) in [5, 5.41) is 5.70. The van der Waals surface area contributed by atoms with E-state index in [-0.39, 0.29) is 11.3 Å². The Bertz CT molecular complexity index is 627. The van der Waals surface area contributed by atoms with E-state index in [9.17, 15) is 9.18 Å². The fraction of sp³-hybridized carbons (Fsp3) is 0.188. The van der Waals surface area contributed by atoms with Crippen molar-refractivity contribution in [3.8, 4) is 5.75 Å². The number of benzene rings is 2. The zero-order valence-electron chi connectivity index (χ0n) is 11.9. The van der Waals surface area contributed by atoms with Crippen molar-refractivity contribution in [2.45, 2.75) is 6.54 Å². The number of methoxy groups -OCH3 is 1. The SMILES string of the molecule is CNCc1ccc(NC(=O)c2c(F)cccc2OC)cc1. The van der Waals surface area contributed by atoms with E-state index in [1.807, 2.05) is 19.2 Å². The summed E-state index contributed by atoms with van der Waals surface area (Å²) in [7, 11) is 3.26. The highest BCUT2D eigenvalue weighted by atomic mass is 19.1. The fourth-order valence-electron chi connectivity index (χ4n) is 2.00. The van der Waals surface area contributed by atoms with E-state index in [4.69, 9.17) is 4.74 Å². The molecule has 2 N–H and O–H groups in total. The summed E-state index contributed by atoms with van der Waals surface area (Å²) in [6.07, 6.45) is 0. The number of nitrogens with one attached hydrogen (secondary N) is 2. The second-order valence-electron chi connectivity index (χ2n) is 4.50. The van der Waals surface area contributed by atoms with Crippen molar-refractivity contribution in [2.75, 3.05) is 19.5 Å². The van der Waals surface area contributed by atoms with Crippen LogP contribution in [0.5, 0.6) is 5.75 Å². The van der Waals surface area contributed by atoms with E-state index in [1.165, 1.54) is 19.2 Å². The molecule has 0 saturated heterocycles. The van der Waals surface area contributed by atoms with E-state index in [0.717, 1.165) is 12.1 Å². The van der Waals surface area contributed by atoms with E-state index >= 15 is 0 Å². The van der Waals surface area contributed by atoms with Gasteiger partial charge in [0.05, 0.1) is 7.11 Å². The van der Waals surface area contributed by atoms with Crippen LogP contribution in [0, 0.1) is 5.82 Å². The molecule has 21 heavy (non-hydrogen) atoms. The summed E-state index contributed by atoms with van der Waals surface area (Å²) in [4.78, 5) is 12.2. The molecule has 2 aromatic rings. The first-order valence-corrected chi connectivity index (χ1v) is 6.53. The Morgan fingerprint density at radius 3 is 2.52 bits per heavy atom. The summed E-state index contributed by atoms with van der Waals surface area (Å²) < 4.78 is 18.8. The van der Waals surface area contributed by atoms with Gasteiger partial charge in [-0.3, -0.25) is 4.79 Å². The number of carbonyl (C=O) groups excluding carboxylic acids is 1. The van der Waals surface area contributed by atoms with Crippen LogP contribution in [0.2, 0.25) is 0 Å². The minimum Gasteiger partial charge on any atom is -0.496 e. The molecule has 0 aliphatic heterocycles. The molecule has 0 heterocycles. The zero-order chi connectivity index (χ0) is 15.2. The average Bonchev–Trinajstić information content (AvgIpc) is 2.49. The quantitative estimate of drug-likeness (QED) is 0.889. The maximum absolute atomic E-state index is 13.8. The first-order chi connectivity index (χ1) is 10.2. The lowest BCUT2D eigenvalue weighted by molar-refractivity contribution is 0.102. The van der Waals surface area contributed by atoms with Gasteiger partial charge in [-0.15, -0.1) is 0 Å². The molecule has 2 aromatic carbocycles. The zero-order valence-corrected chi connectivity index (χ0v) is 11.9. The molecule has 0 radical (unpaired) electrons. The van der Waals surface area contributed by atoms with Gasteiger partial charge in [0.25, 0.3) is 5.91 Å². The number of amides is 1. The third kappa shape index (κ3) is 3.58. The smallest absolute Gasteiger partial charge is 0.262 e. The second-order valence-corrected chi connectivity index (χ2v) is 4.50. The van der Waals surface area contributed by atoms with Crippen LogP contribution in [0.3, 0.4) is 0 Å². The number of anilines is 1. The number of halogens is 1. The Labute approximate surface area is 122 Å². The highest BCUT2D eigenvalue weighted by molar-refractivity contribution is 6.06. The van der Waals surface area contributed by atoms with E-state index < -0.39 is 11.7 Å². The van der Waals surface area contributed by atoms with Gasteiger partial charge in [0.2, 0.25) is 0 Å². The third-order valence-electron chi connectivity index (χ3n) is 3.02. The van der Waals surface area contributed by atoms with Gasteiger partial charge in [0, 0.05) is 12.2 Å². The minimum atomic E-state index is -0.612. The molecule has 0 saturated carbocycles. The molecule has 0 fully saturated rings. The predicted molar refractivity (Wildman–Crippen MR) is 80.1 cm³/mol. The molecule has 0 bridgehead atoms. The molecular weight excluding hydrogens is 271 g/mol. The van der Waals surface area contributed by atoms with Crippen LogP contribution in [0.15, 0.2) is 42.5 Å². The van der Waals surface area contributed by atoms with E-state index in [0.29, 0.717) is 5.69 Å². The summed E-state index contributed by atoms with van der Waals surface area (Å²) in [6.45, 7) is 0.745. The maximum Gasteiger partial charge on any atom is 0.262 e. The van der Waals surface area contributed by atoms with Crippen molar-refractivity contribution in [3.63, 3.8) is 0 Å². The van der Waals surface area contributed by atoms with Crippen LogP contribution in [0.4, 0.5) is 10.1 Å². The average molecular weight is 288 g/mol. The van der Waals surface area contributed by atoms with Crippen molar-refractivity contribution in [2.24, 2.45) is 0 Å². The third-order valence-corrected chi connectivity index (χ3v) is 3.02. The van der Waals surface area contributed by atoms with Crippen molar-refractivity contribution in [3.05, 3.63) is 59.4 Å². The molecule has 0 aromatic heterocycles. The molecule has 110 valence electrons. The monoisotopic (exact) mass is 288 g/mol. The predicted octanol–water partition coefficient (Wildman–Crippen LogP) is 2.81. The standard InChI is InChI=1S/C16H17FN2O2/c1-18-10-11-6-8-12(9-7-11)19-16(20)15-13(17)4-3-5-14(15)21-2/h3-9,18H,10H2,1-2H3,(H,19,20). The van der Waals surface area contributed by atoms with Gasteiger partial charge >= 0.3 is 0 Å². The second kappa shape index (κ2) is 6.85. The van der Waals surface area contributed by atoms with Gasteiger partial charge in [0.15, 0.2) is 0 Å². The Morgan fingerprint density at radius 1 is 1.19 bits per heavy atom. The molecule has 4 nitrogen and oxygen atoms in total. The van der Waals surface area contributed by atoms with Crippen molar-refractivity contribution < 1.29 is 13.9 Å². The Hall–Kier alpha value is -2.40. The number of hydrogen-bond acceptors (Lipinski definition) is 3. The fourth-order valence-corrected chi connectivity index (χ4v) is 2.00. The van der Waals surface area contributed by atoms with E-state index in [2.05, 4.69) is 10.6 Å². The topological polar surface area (TPSA) is 50.4 Å². The summed E-state index contributed by atoms with van der Waals surface area (Å²) >= 11 is 0. The largest absolute Gasteiger partial charge is 0.496 e. The van der Waals surface area contributed by atoms with E-state index in [1.54, 1.807) is 18.2 Å². The van der Waals surface area contributed by atoms with Gasteiger partial charge in [-0.05, 0) is 36.9 Å². The minimum absolute atomic E-state index is 0.0979. The van der Waals surface area contributed by atoms with Crippen molar-refractivity contribution in [1.82, 2.24) is 5.32 Å². The van der Waals surface area contributed by atoms with Crippen LogP contribution in [-0.2, 0) is 6.54 Å². The lowest BCUT2D eigenvalue weighted by Crippen LogP contribution is -2.15. The molecule has 1 amide bonds. The Balaban J connectivity index is 2.18. The van der Waals surface area contributed by atoms with Crippen LogP contribution in [-0.4, -0.2) is 20.1 Å². The van der Waals surface area contributed by atoms with Crippen molar-refractivity contribution >= 4 is 11.6 Å². The van der Waals surface area contributed by atoms with Crippen LogP contribution >= 0.6 is 0 Å². The number of ether oxygens (including phenoxy) is 1. The molecule has 5 heteroatoms. The van der Waals surface area contributed by atoms with Gasteiger partial charge in [0.1, 0.15) is 17.1 Å². The first-order valence-electron chi connectivity index (χ1n) is 6.53. The summed E-state index contributed by atoms with van der Waals surface area (Å²) in [5.74, 6) is -0.940. The van der Waals surface area contributed by atoms with Gasteiger partial charge in [-0.1, -0.05) is 18.2 Å². The van der Waals surface area contributed by atoms with Crippen molar-refractivity contribution in [1.29, 1.82) is 0 Å². The number of carbonyl (C=O) groups is 1. The van der Waals surface area contributed by atoms with Crippen LogP contribution in [0.25, 0.3) is 0 Å². The molecule has 0 aliphatic rings. The van der Waals surface area contributed by atoms with Crippen LogP contribution < -0.4 is 15.4 Å². The van der Waals surface area contributed by atoms with Gasteiger partial charge in [-0.25, -0.2) is 4.39 Å². The lowest BCUT2D eigenvalue weighted by atomic mass is 10.1. The molecule has 2 rings (SSSR count). The normalized spacial score (nSPS) is 10.2. The summed E-state index contributed by atoms with van der Waals surface area (Å²) in [6, 6.07) is 11.6. The molecule has 0 aliphatic carbocycles. The lowest BCUT2D eigenvalue weighted by Gasteiger charge is -2.10. The first kappa shape index (κ1) is 15.0. The molecule has 0 unspecified atom stereocenters. The van der Waals surface area contributed by atoms with Gasteiger partial charge in [-0.2, -0.15) is 0 Å². The Morgan fingerprint density at radius 2 is 1.90 bits per heavy atom. The molecular formula is C16H17FN2O2. The number of rotatable bonds is 5. The molecule has 0 spiro atoms. The maximum atomic E-state index is 13.8. The Kier molecular flexibility index (Phi) is 4.90. The van der Waals surface area contributed by atoms with Gasteiger partial charge < -0.3 is 15.4 Å². The molecule has 0 atom stereocenters. The highest BCUT2D eigenvalue weighted by Gasteiger charge is 2.17.